The lowest BCUT2D eigenvalue weighted by atomic mass is 9.99. The Balaban J connectivity index is 1.86. The van der Waals surface area contributed by atoms with Gasteiger partial charge in [0.2, 0.25) is 0 Å². The van der Waals surface area contributed by atoms with Gasteiger partial charge in [0.25, 0.3) is 6.43 Å². The quantitative estimate of drug-likeness (QED) is 0.374. The molecular formula is C27H35ClF2N3O4+. The smallest absolute Gasteiger partial charge is 0.497 e. The molecule has 0 saturated carbocycles. The van der Waals surface area contributed by atoms with E-state index in [1.807, 2.05) is 6.92 Å². The monoisotopic (exact) mass is 538 g/mol. The summed E-state index contributed by atoms with van der Waals surface area (Å²) in [6, 6.07) is 9.07. The van der Waals surface area contributed by atoms with Crippen LogP contribution in [-0.2, 0) is 11.3 Å². The van der Waals surface area contributed by atoms with E-state index in [2.05, 4.69) is 10.6 Å². The van der Waals surface area contributed by atoms with Gasteiger partial charge in [-0.25, -0.2) is 13.6 Å². The SMILES string of the molecule is COc1ccc(NC(c2ccc(Cl)cc2CNC(=O)[N+]2(C(=O)OC(C)(C)C)CCC[C@H]2C)C(F)F)cc1. The lowest BCUT2D eigenvalue weighted by Crippen LogP contribution is -2.63. The summed E-state index contributed by atoms with van der Waals surface area (Å²) >= 11 is 6.20. The molecule has 2 aromatic carbocycles. The highest BCUT2D eigenvalue weighted by Gasteiger charge is 2.55. The number of methoxy groups -OCH3 is 1. The molecule has 3 rings (SSSR count). The Morgan fingerprint density at radius 3 is 2.38 bits per heavy atom. The van der Waals surface area contributed by atoms with Gasteiger partial charge in [-0.15, -0.1) is 4.48 Å². The fourth-order valence-electron chi connectivity index (χ4n) is 4.56. The van der Waals surface area contributed by atoms with E-state index >= 15 is 0 Å². The van der Waals surface area contributed by atoms with Crippen LogP contribution in [0.4, 0.5) is 24.1 Å². The first kappa shape index (κ1) is 28.7. The molecule has 3 atom stereocenters. The molecular weight excluding hydrogens is 504 g/mol. The maximum atomic E-state index is 14.2. The number of alkyl halides is 2. The Hall–Kier alpha value is -2.91. The van der Waals surface area contributed by atoms with Crippen molar-refractivity contribution in [2.45, 2.75) is 71.2 Å². The number of benzene rings is 2. The summed E-state index contributed by atoms with van der Waals surface area (Å²) in [5, 5.41) is 6.02. The summed E-state index contributed by atoms with van der Waals surface area (Å²) in [5.74, 6) is 0.604. The number of hydrogen-bond donors (Lipinski definition) is 2. The molecule has 0 spiro atoms. The Morgan fingerprint density at radius 1 is 1.16 bits per heavy atom. The number of carbonyl (C=O) groups is 2. The summed E-state index contributed by atoms with van der Waals surface area (Å²) in [6.07, 6.45) is -1.99. The molecule has 37 heavy (non-hydrogen) atoms. The van der Waals surface area contributed by atoms with Gasteiger partial charge in [0, 0.05) is 30.1 Å². The maximum absolute atomic E-state index is 14.2. The first-order chi connectivity index (χ1) is 17.4. The zero-order chi connectivity index (χ0) is 27.4. The number of nitrogens with one attached hydrogen (secondary N) is 2. The maximum Gasteiger partial charge on any atom is 0.525 e. The molecule has 7 nitrogen and oxygen atoms in total. The highest BCUT2D eigenvalue weighted by molar-refractivity contribution is 6.30. The highest BCUT2D eigenvalue weighted by Crippen LogP contribution is 2.33. The second-order valence-corrected chi connectivity index (χ2v) is 10.7. The summed E-state index contributed by atoms with van der Waals surface area (Å²) < 4.78 is 38.7. The van der Waals surface area contributed by atoms with Crippen molar-refractivity contribution in [2.75, 3.05) is 19.0 Å². The molecule has 0 aromatic heterocycles. The largest absolute Gasteiger partial charge is 0.525 e. The number of amides is 3. The minimum absolute atomic E-state index is 0.0856. The van der Waals surface area contributed by atoms with Crippen molar-refractivity contribution in [3.05, 3.63) is 58.6 Å². The van der Waals surface area contributed by atoms with Gasteiger partial charge < -0.3 is 20.1 Å². The van der Waals surface area contributed by atoms with Crippen LogP contribution in [0.15, 0.2) is 42.5 Å². The lowest BCUT2D eigenvalue weighted by Gasteiger charge is -2.34. The molecule has 1 fully saturated rings. The van der Waals surface area contributed by atoms with Gasteiger partial charge in [-0.05, 0) is 75.2 Å². The minimum Gasteiger partial charge on any atom is -0.497 e. The number of anilines is 1. The average molecular weight is 539 g/mol. The van der Waals surface area contributed by atoms with Gasteiger partial charge in [-0.2, -0.15) is 4.79 Å². The number of quaternary nitrogens is 1. The van der Waals surface area contributed by atoms with Crippen molar-refractivity contribution >= 4 is 29.4 Å². The summed E-state index contributed by atoms with van der Waals surface area (Å²) in [5.41, 5.74) is 0.425. The first-order valence-corrected chi connectivity index (χ1v) is 12.6. The number of rotatable bonds is 7. The van der Waals surface area contributed by atoms with Crippen LogP contribution in [0.3, 0.4) is 0 Å². The molecule has 1 heterocycles. The van der Waals surface area contributed by atoms with Crippen molar-refractivity contribution in [3.63, 3.8) is 0 Å². The zero-order valence-electron chi connectivity index (χ0n) is 21.8. The molecule has 0 aliphatic carbocycles. The number of halogens is 3. The van der Waals surface area contributed by atoms with Crippen molar-refractivity contribution in [2.24, 2.45) is 0 Å². The molecule has 0 radical (unpaired) electrons. The fraction of sp³-hybridized carbons (Fsp3) is 0.481. The van der Waals surface area contributed by atoms with E-state index in [9.17, 15) is 18.4 Å². The molecule has 1 aliphatic heterocycles. The van der Waals surface area contributed by atoms with Crippen LogP contribution in [-0.4, -0.2) is 48.3 Å². The van der Waals surface area contributed by atoms with E-state index in [1.165, 1.54) is 19.2 Å². The van der Waals surface area contributed by atoms with Gasteiger partial charge in [-0.3, -0.25) is 0 Å². The number of likely N-dealkylation sites (tertiary alicyclic amines) is 1. The van der Waals surface area contributed by atoms with E-state index < -0.39 is 34.7 Å². The normalized spacial score (nSPS) is 20.4. The number of ether oxygens (including phenoxy) is 2. The minimum atomic E-state index is -2.75. The van der Waals surface area contributed by atoms with Crippen molar-refractivity contribution in [3.8, 4) is 5.75 Å². The molecule has 1 saturated heterocycles. The Labute approximate surface area is 221 Å². The second-order valence-electron chi connectivity index (χ2n) is 10.3. The molecule has 202 valence electrons. The van der Waals surface area contributed by atoms with E-state index in [4.69, 9.17) is 21.1 Å². The van der Waals surface area contributed by atoms with Crippen molar-refractivity contribution in [1.82, 2.24) is 5.32 Å². The van der Waals surface area contributed by atoms with E-state index in [0.29, 0.717) is 41.4 Å². The van der Waals surface area contributed by atoms with Crippen LogP contribution in [0.1, 0.15) is 57.7 Å². The van der Waals surface area contributed by atoms with Crippen molar-refractivity contribution in [1.29, 1.82) is 0 Å². The molecule has 3 amide bonds. The summed E-state index contributed by atoms with van der Waals surface area (Å²) in [4.78, 5) is 26.6. The number of urea groups is 1. The molecule has 0 bridgehead atoms. The number of imide groups is 1. The van der Waals surface area contributed by atoms with Crippen LogP contribution in [0.2, 0.25) is 5.02 Å². The van der Waals surface area contributed by atoms with Gasteiger partial charge in [0.15, 0.2) is 0 Å². The molecule has 2 aromatic rings. The van der Waals surface area contributed by atoms with Crippen molar-refractivity contribution < 1.29 is 32.3 Å². The Morgan fingerprint density at radius 2 is 1.84 bits per heavy atom. The zero-order valence-corrected chi connectivity index (χ0v) is 22.6. The average Bonchev–Trinajstić information content (AvgIpc) is 3.23. The number of nitrogens with zero attached hydrogens (tertiary/aromatic N) is 1. The summed E-state index contributed by atoms with van der Waals surface area (Å²) in [6.45, 7) is 7.31. The van der Waals surface area contributed by atoms with Gasteiger partial charge >= 0.3 is 12.1 Å². The first-order valence-electron chi connectivity index (χ1n) is 12.2. The highest BCUT2D eigenvalue weighted by atomic mass is 35.5. The third kappa shape index (κ3) is 6.70. The van der Waals surface area contributed by atoms with E-state index in [-0.39, 0.29) is 18.2 Å². The third-order valence-corrected chi connectivity index (χ3v) is 6.74. The van der Waals surface area contributed by atoms with Gasteiger partial charge in [0.05, 0.1) is 13.7 Å². The second kappa shape index (κ2) is 11.6. The molecule has 2 N–H and O–H groups in total. The standard InChI is InChI=1S/C27H34ClF2N3O4/c1-17-7-6-14-33(17,26(35)37-27(2,3)4)25(34)31-16-18-15-19(28)8-13-22(18)23(24(29)30)32-20-9-11-21(36-5)12-10-20/h8-13,15,17,23-24,32H,6-7,14,16H2,1-5H3/p+1/t17-,23?,33?/m1/s1. The van der Waals surface area contributed by atoms with Crippen LogP contribution < -0.4 is 15.4 Å². The fourth-order valence-corrected chi connectivity index (χ4v) is 4.76. The van der Waals surface area contributed by atoms with Gasteiger partial charge in [-0.1, -0.05) is 17.7 Å². The number of hydrogen-bond acceptors (Lipinski definition) is 5. The Kier molecular flexibility index (Phi) is 9.02. The molecule has 2 unspecified atom stereocenters. The number of carbonyl (C=O) groups excluding carboxylic acids is 2. The lowest BCUT2D eigenvalue weighted by molar-refractivity contribution is -0.789. The predicted molar refractivity (Wildman–Crippen MR) is 139 cm³/mol. The van der Waals surface area contributed by atoms with E-state index in [0.717, 1.165) is 0 Å². The molecule has 1 aliphatic rings. The van der Waals surface area contributed by atoms with E-state index in [1.54, 1.807) is 51.1 Å². The third-order valence-electron chi connectivity index (χ3n) is 6.50. The van der Waals surface area contributed by atoms with Crippen LogP contribution in [0.25, 0.3) is 0 Å². The Bertz CT molecular complexity index is 1110. The summed E-state index contributed by atoms with van der Waals surface area (Å²) in [7, 11) is 1.52. The topological polar surface area (TPSA) is 76.7 Å². The molecule has 10 heteroatoms. The van der Waals surface area contributed by atoms with Crippen LogP contribution >= 0.6 is 11.6 Å². The predicted octanol–water partition coefficient (Wildman–Crippen LogP) is 6.91. The van der Waals surface area contributed by atoms with Crippen LogP contribution in [0.5, 0.6) is 5.75 Å². The van der Waals surface area contributed by atoms with Crippen LogP contribution in [0, 0.1) is 0 Å². The van der Waals surface area contributed by atoms with Gasteiger partial charge in [0.1, 0.15) is 23.4 Å².